The van der Waals surface area contributed by atoms with Gasteiger partial charge in [0.1, 0.15) is 6.54 Å². The van der Waals surface area contributed by atoms with Gasteiger partial charge in [-0.3, -0.25) is 9.69 Å². The van der Waals surface area contributed by atoms with Crippen LogP contribution in [0.25, 0.3) is 11.1 Å². The summed E-state index contributed by atoms with van der Waals surface area (Å²) in [7, 11) is 0. The van der Waals surface area contributed by atoms with Crippen molar-refractivity contribution in [1.82, 2.24) is 9.80 Å². The molecule has 0 unspecified atom stereocenters. The second-order valence-electron chi connectivity index (χ2n) is 9.08. The Bertz CT molecular complexity index is 1130. The van der Waals surface area contributed by atoms with E-state index in [-0.39, 0.29) is 18.5 Å². The number of rotatable bonds is 6. The molecule has 2 heterocycles. The Balaban J connectivity index is 1.24. The SMILES string of the molecule is Cc1ccc(-c2ccc(N3C(=O)CN(Cc4ccc(CN5CCCC5)cc4)C3=O)cc2)cc1. The second-order valence-corrected chi connectivity index (χ2v) is 9.08. The molecule has 0 N–H and O–H groups in total. The Morgan fingerprint density at radius 3 is 1.85 bits per heavy atom. The number of aryl methyl sites for hydroxylation is 1. The molecule has 5 heteroatoms. The van der Waals surface area contributed by atoms with E-state index in [1.54, 1.807) is 4.90 Å². The number of hydrogen-bond donors (Lipinski definition) is 0. The van der Waals surface area contributed by atoms with Crippen molar-refractivity contribution in [3.8, 4) is 11.1 Å². The molecule has 2 aliphatic heterocycles. The van der Waals surface area contributed by atoms with Gasteiger partial charge in [0.2, 0.25) is 0 Å². The van der Waals surface area contributed by atoms with Crippen LogP contribution >= 0.6 is 0 Å². The fourth-order valence-electron chi connectivity index (χ4n) is 4.65. The lowest BCUT2D eigenvalue weighted by molar-refractivity contribution is -0.116. The molecule has 0 atom stereocenters. The summed E-state index contributed by atoms with van der Waals surface area (Å²) < 4.78 is 0. The van der Waals surface area contributed by atoms with Crippen LogP contribution in [0.1, 0.15) is 29.5 Å². The minimum Gasteiger partial charge on any atom is -0.310 e. The summed E-state index contributed by atoms with van der Waals surface area (Å²) in [6.07, 6.45) is 2.57. The number of nitrogens with zero attached hydrogens (tertiary/aromatic N) is 3. The highest BCUT2D eigenvalue weighted by molar-refractivity contribution is 6.19. The summed E-state index contributed by atoms with van der Waals surface area (Å²) in [5.74, 6) is -0.186. The number of amides is 3. The number of carbonyl (C=O) groups is 2. The van der Waals surface area contributed by atoms with Crippen LogP contribution in [0.5, 0.6) is 0 Å². The Hall–Kier alpha value is -3.44. The first-order chi connectivity index (χ1) is 16.1. The summed E-state index contributed by atoms with van der Waals surface area (Å²) in [6, 6.07) is 24.1. The van der Waals surface area contributed by atoms with E-state index < -0.39 is 0 Å². The van der Waals surface area contributed by atoms with Gasteiger partial charge in [-0.2, -0.15) is 0 Å². The highest BCUT2D eigenvalue weighted by Gasteiger charge is 2.37. The molecule has 0 spiro atoms. The first kappa shape index (κ1) is 21.4. The highest BCUT2D eigenvalue weighted by Crippen LogP contribution is 2.27. The van der Waals surface area contributed by atoms with Gasteiger partial charge in [-0.25, -0.2) is 9.69 Å². The molecule has 0 aromatic heterocycles. The van der Waals surface area contributed by atoms with Gasteiger partial charge in [0.15, 0.2) is 0 Å². The quantitative estimate of drug-likeness (QED) is 0.494. The molecule has 2 saturated heterocycles. The topological polar surface area (TPSA) is 43.9 Å². The van der Waals surface area contributed by atoms with E-state index in [0.717, 1.165) is 23.2 Å². The third-order valence-corrected chi connectivity index (χ3v) is 6.55. The van der Waals surface area contributed by atoms with Crippen molar-refractivity contribution in [2.45, 2.75) is 32.9 Å². The van der Waals surface area contributed by atoms with Gasteiger partial charge in [-0.15, -0.1) is 0 Å². The minimum atomic E-state index is -0.260. The summed E-state index contributed by atoms with van der Waals surface area (Å²) in [5.41, 5.74) is 6.33. The zero-order chi connectivity index (χ0) is 22.8. The van der Waals surface area contributed by atoms with E-state index in [4.69, 9.17) is 0 Å². The van der Waals surface area contributed by atoms with Crippen molar-refractivity contribution in [3.05, 3.63) is 89.5 Å². The van der Waals surface area contributed by atoms with Crippen molar-refractivity contribution in [2.24, 2.45) is 0 Å². The van der Waals surface area contributed by atoms with Gasteiger partial charge in [-0.05, 0) is 67.2 Å². The van der Waals surface area contributed by atoms with E-state index in [0.29, 0.717) is 12.2 Å². The van der Waals surface area contributed by atoms with Crippen LogP contribution in [-0.2, 0) is 17.9 Å². The van der Waals surface area contributed by atoms with E-state index in [2.05, 4.69) is 60.4 Å². The first-order valence-electron chi connectivity index (χ1n) is 11.7. The molecule has 5 rings (SSSR count). The molecule has 0 bridgehead atoms. The molecule has 0 aliphatic carbocycles. The van der Waals surface area contributed by atoms with Crippen LogP contribution in [0.2, 0.25) is 0 Å². The average Bonchev–Trinajstić information content (AvgIpc) is 3.43. The summed E-state index contributed by atoms with van der Waals surface area (Å²) >= 11 is 0. The summed E-state index contributed by atoms with van der Waals surface area (Å²) in [6.45, 7) is 5.93. The molecule has 33 heavy (non-hydrogen) atoms. The highest BCUT2D eigenvalue weighted by atomic mass is 16.2. The third-order valence-electron chi connectivity index (χ3n) is 6.55. The molecule has 3 aromatic carbocycles. The molecule has 2 aliphatic rings. The Kier molecular flexibility index (Phi) is 5.97. The lowest BCUT2D eigenvalue weighted by Gasteiger charge is -2.18. The van der Waals surface area contributed by atoms with Crippen LogP contribution in [-0.4, -0.2) is 41.4 Å². The predicted octanol–water partition coefficient (Wildman–Crippen LogP) is 5.23. The maximum Gasteiger partial charge on any atom is 0.332 e. The van der Waals surface area contributed by atoms with Gasteiger partial charge in [0.05, 0.1) is 5.69 Å². The summed E-state index contributed by atoms with van der Waals surface area (Å²) in [4.78, 5) is 31.1. The van der Waals surface area contributed by atoms with E-state index in [1.807, 2.05) is 24.3 Å². The first-order valence-corrected chi connectivity index (χ1v) is 11.7. The Labute approximate surface area is 195 Å². The molecule has 2 fully saturated rings. The fraction of sp³-hybridized carbons (Fsp3) is 0.286. The summed E-state index contributed by atoms with van der Waals surface area (Å²) in [5, 5.41) is 0. The number of hydrogen-bond acceptors (Lipinski definition) is 3. The van der Waals surface area contributed by atoms with Crippen LogP contribution in [0.15, 0.2) is 72.8 Å². The number of benzene rings is 3. The molecular weight excluding hydrogens is 410 g/mol. The van der Waals surface area contributed by atoms with Crippen LogP contribution in [0.4, 0.5) is 10.5 Å². The molecule has 3 aromatic rings. The number of anilines is 1. The molecule has 0 saturated carbocycles. The van der Waals surface area contributed by atoms with Crippen molar-refractivity contribution in [1.29, 1.82) is 0 Å². The average molecular weight is 440 g/mol. The second kappa shape index (κ2) is 9.20. The molecular formula is C28H29N3O2. The number of urea groups is 1. The largest absolute Gasteiger partial charge is 0.332 e. The zero-order valence-electron chi connectivity index (χ0n) is 19.0. The smallest absolute Gasteiger partial charge is 0.310 e. The van der Waals surface area contributed by atoms with Gasteiger partial charge in [0.25, 0.3) is 5.91 Å². The zero-order valence-corrected chi connectivity index (χ0v) is 19.0. The molecule has 5 nitrogen and oxygen atoms in total. The molecule has 3 amide bonds. The van der Waals surface area contributed by atoms with Crippen LogP contribution < -0.4 is 4.90 Å². The van der Waals surface area contributed by atoms with Gasteiger partial charge in [-0.1, -0.05) is 66.2 Å². The lowest BCUT2D eigenvalue weighted by Crippen LogP contribution is -2.32. The maximum absolute atomic E-state index is 13.0. The maximum atomic E-state index is 13.0. The number of imide groups is 1. The predicted molar refractivity (Wildman–Crippen MR) is 131 cm³/mol. The van der Waals surface area contributed by atoms with Crippen molar-refractivity contribution in [2.75, 3.05) is 24.5 Å². The molecule has 0 radical (unpaired) electrons. The minimum absolute atomic E-state index is 0.105. The standard InChI is InChI=1S/C28H29N3O2/c1-21-4-10-24(11-5-21)25-12-14-26(15-13-25)31-27(32)20-30(28(31)33)19-23-8-6-22(7-9-23)18-29-16-2-3-17-29/h4-15H,2-3,16-20H2,1H3. The lowest BCUT2D eigenvalue weighted by atomic mass is 10.0. The van der Waals surface area contributed by atoms with E-state index >= 15 is 0 Å². The molecule has 168 valence electrons. The third kappa shape index (κ3) is 4.69. The van der Waals surface area contributed by atoms with Crippen molar-refractivity contribution < 1.29 is 9.59 Å². The van der Waals surface area contributed by atoms with E-state index in [1.165, 1.54) is 42.0 Å². The van der Waals surface area contributed by atoms with Crippen molar-refractivity contribution >= 4 is 17.6 Å². The fourth-order valence-corrected chi connectivity index (χ4v) is 4.65. The monoisotopic (exact) mass is 439 g/mol. The number of likely N-dealkylation sites (tertiary alicyclic amines) is 1. The normalized spacial score (nSPS) is 16.8. The van der Waals surface area contributed by atoms with Gasteiger partial charge in [0, 0.05) is 13.1 Å². The Morgan fingerprint density at radius 2 is 1.24 bits per heavy atom. The van der Waals surface area contributed by atoms with Gasteiger partial charge >= 0.3 is 6.03 Å². The van der Waals surface area contributed by atoms with E-state index in [9.17, 15) is 9.59 Å². The van der Waals surface area contributed by atoms with Gasteiger partial charge < -0.3 is 4.90 Å². The van der Waals surface area contributed by atoms with Crippen LogP contribution in [0.3, 0.4) is 0 Å². The van der Waals surface area contributed by atoms with Crippen LogP contribution in [0, 0.1) is 6.92 Å². The number of carbonyl (C=O) groups excluding carboxylic acids is 2. The Morgan fingerprint density at radius 1 is 0.697 bits per heavy atom. The van der Waals surface area contributed by atoms with Crippen molar-refractivity contribution in [3.63, 3.8) is 0 Å².